The number of carbonyl (C=O) groups is 2. The van der Waals surface area contributed by atoms with Gasteiger partial charge in [-0.25, -0.2) is 0 Å². The highest BCUT2D eigenvalue weighted by Crippen LogP contribution is 2.27. The highest BCUT2D eigenvalue weighted by Gasteiger charge is 2.37. The fraction of sp³-hybridized carbons (Fsp3) is 0.333. The number of benzene rings is 2. The molecule has 0 spiro atoms. The van der Waals surface area contributed by atoms with Crippen molar-refractivity contribution in [2.45, 2.75) is 32.3 Å². The number of aliphatic hydroxyl groups is 1. The maximum absolute atomic E-state index is 12.5. The Morgan fingerprint density at radius 3 is 2.28 bits per heavy atom. The Morgan fingerprint density at radius 2 is 1.69 bits per heavy atom. The van der Waals surface area contributed by atoms with E-state index < -0.39 is 22.8 Å². The van der Waals surface area contributed by atoms with Gasteiger partial charge in [-0.15, -0.1) is 0 Å². The molecule has 1 aliphatic heterocycles. The van der Waals surface area contributed by atoms with Crippen molar-refractivity contribution in [1.82, 2.24) is 4.90 Å². The quantitative estimate of drug-likeness (QED) is 0.455. The van der Waals surface area contributed by atoms with Crippen molar-refractivity contribution < 1.29 is 24.4 Å². The topological polar surface area (TPSA) is 110 Å². The van der Waals surface area contributed by atoms with E-state index in [9.17, 15) is 24.8 Å². The van der Waals surface area contributed by atoms with Crippen LogP contribution in [0.4, 0.5) is 5.69 Å². The lowest BCUT2D eigenvalue weighted by Gasteiger charge is -2.20. The molecule has 0 aromatic heterocycles. The standard InChI is InChI=1S/C21H22N2O6/c1-21(2,3)13-4-7-16(8-5-13)29-12-15(24)11-22-19(25)17-9-6-14(23(27)28)10-18(17)20(22)26/h4-10,15,24H,11-12H2,1-3H3/t15-/m0/s1. The van der Waals surface area contributed by atoms with E-state index >= 15 is 0 Å². The summed E-state index contributed by atoms with van der Waals surface area (Å²) in [6.45, 7) is 5.93. The first-order chi connectivity index (χ1) is 13.6. The number of carbonyl (C=O) groups excluding carboxylic acids is 2. The summed E-state index contributed by atoms with van der Waals surface area (Å²) >= 11 is 0. The molecule has 2 aromatic rings. The van der Waals surface area contributed by atoms with Crippen molar-refractivity contribution in [3.05, 3.63) is 69.3 Å². The summed E-state index contributed by atoms with van der Waals surface area (Å²) in [5.41, 5.74) is 0.944. The van der Waals surface area contributed by atoms with Gasteiger partial charge in [-0.05, 0) is 29.2 Å². The van der Waals surface area contributed by atoms with Crippen molar-refractivity contribution in [1.29, 1.82) is 0 Å². The molecule has 0 radical (unpaired) electrons. The highest BCUT2D eigenvalue weighted by atomic mass is 16.6. The Balaban J connectivity index is 1.62. The summed E-state index contributed by atoms with van der Waals surface area (Å²) < 4.78 is 5.56. The molecule has 1 aliphatic rings. The van der Waals surface area contributed by atoms with Crippen LogP contribution in [0.5, 0.6) is 5.75 Å². The van der Waals surface area contributed by atoms with E-state index in [0.29, 0.717) is 5.75 Å². The van der Waals surface area contributed by atoms with Gasteiger partial charge in [0, 0.05) is 12.1 Å². The van der Waals surface area contributed by atoms with Gasteiger partial charge in [0.15, 0.2) is 0 Å². The maximum atomic E-state index is 12.5. The zero-order valence-electron chi connectivity index (χ0n) is 16.4. The van der Waals surface area contributed by atoms with Gasteiger partial charge in [-0.1, -0.05) is 32.9 Å². The fourth-order valence-electron chi connectivity index (χ4n) is 3.07. The molecule has 0 bridgehead atoms. The number of hydrogen-bond donors (Lipinski definition) is 1. The van der Waals surface area contributed by atoms with Crippen LogP contribution in [0.3, 0.4) is 0 Å². The number of rotatable bonds is 6. The summed E-state index contributed by atoms with van der Waals surface area (Å²) in [6.07, 6.45) is -1.10. The number of β-amino-alcohol motifs (C(OH)–C–C–N with tert-alkyl or cyclic N) is 1. The molecule has 8 heteroatoms. The minimum atomic E-state index is -1.10. The van der Waals surface area contributed by atoms with Gasteiger partial charge in [0.05, 0.1) is 22.6 Å². The second-order valence-electron chi connectivity index (χ2n) is 7.95. The van der Waals surface area contributed by atoms with E-state index in [1.165, 1.54) is 12.1 Å². The lowest BCUT2D eigenvalue weighted by Crippen LogP contribution is -2.39. The van der Waals surface area contributed by atoms with E-state index in [2.05, 4.69) is 20.8 Å². The van der Waals surface area contributed by atoms with Gasteiger partial charge >= 0.3 is 0 Å². The Labute approximate surface area is 167 Å². The summed E-state index contributed by atoms with van der Waals surface area (Å²) in [4.78, 5) is 36.0. The zero-order valence-corrected chi connectivity index (χ0v) is 16.4. The SMILES string of the molecule is CC(C)(C)c1ccc(OC[C@@H](O)CN2C(=O)c3ccc([N+](=O)[O-])cc3C2=O)cc1. The van der Waals surface area contributed by atoms with Gasteiger partial charge in [0.2, 0.25) is 0 Å². The number of amides is 2. The zero-order chi connectivity index (χ0) is 21.3. The number of aliphatic hydroxyl groups excluding tert-OH is 1. The van der Waals surface area contributed by atoms with Crippen LogP contribution in [0.25, 0.3) is 0 Å². The van der Waals surface area contributed by atoms with Gasteiger partial charge in [0.1, 0.15) is 18.5 Å². The van der Waals surface area contributed by atoms with Gasteiger partial charge < -0.3 is 9.84 Å². The van der Waals surface area contributed by atoms with Gasteiger partial charge in [-0.2, -0.15) is 0 Å². The van der Waals surface area contributed by atoms with E-state index in [-0.39, 0.29) is 35.4 Å². The first kappa shape index (κ1) is 20.5. The van der Waals surface area contributed by atoms with Crippen LogP contribution in [-0.2, 0) is 5.41 Å². The molecule has 8 nitrogen and oxygen atoms in total. The summed E-state index contributed by atoms with van der Waals surface area (Å²) in [6, 6.07) is 11.0. The molecular weight excluding hydrogens is 376 g/mol. The molecule has 0 unspecified atom stereocenters. The minimum Gasteiger partial charge on any atom is -0.491 e. The molecule has 0 aliphatic carbocycles. The number of ether oxygens (including phenoxy) is 1. The van der Waals surface area contributed by atoms with Crippen LogP contribution in [0, 0.1) is 10.1 Å². The first-order valence-corrected chi connectivity index (χ1v) is 9.14. The number of fused-ring (bicyclic) bond motifs is 1. The average Bonchev–Trinajstić information content (AvgIpc) is 2.90. The number of nitro benzene ring substituents is 1. The predicted octanol–water partition coefficient (Wildman–Crippen LogP) is 2.93. The Bertz CT molecular complexity index is 962. The third-order valence-electron chi connectivity index (χ3n) is 4.72. The molecule has 1 N–H and O–H groups in total. The van der Waals surface area contributed by atoms with E-state index in [1.807, 2.05) is 12.1 Å². The van der Waals surface area contributed by atoms with Crippen molar-refractivity contribution in [3.63, 3.8) is 0 Å². The van der Waals surface area contributed by atoms with Crippen LogP contribution in [0.1, 0.15) is 47.1 Å². The molecule has 2 aromatic carbocycles. The van der Waals surface area contributed by atoms with E-state index in [1.54, 1.807) is 12.1 Å². The lowest BCUT2D eigenvalue weighted by molar-refractivity contribution is -0.384. The van der Waals surface area contributed by atoms with Crippen LogP contribution < -0.4 is 4.74 Å². The molecule has 3 rings (SSSR count). The fourth-order valence-corrected chi connectivity index (χ4v) is 3.07. The molecular formula is C21H22N2O6. The minimum absolute atomic E-state index is 0.0125. The molecule has 0 saturated carbocycles. The Kier molecular flexibility index (Phi) is 5.39. The number of hydrogen-bond acceptors (Lipinski definition) is 6. The summed E-state index contributed by atoms with van der Waals surface area (Å²) in [7, 11) is 0. The number of non-ortho nitro benzene ring substituents is 1. The highest BCUT2D eigenvalue weighted by molar-refractivity contribution is 6.21. The summed E-state index contributed by atoms with van der Waals surface area (Å²) in [5, 5.41) is 21.1. The molecule has 29 heavy (non-hydrogen) atoms. The number of nitrogens with zero attached hydrogens (tertiary/aromatic N) is 2. The van der Waals surface area contributed by atoms with Crippen molar-refractivity contribution >= 4 is 17.5 Å². The summed E-state index contributed by atoms with van der Waals surface area (Å²) in [5.74, 6) is -0.689. The molecule has 2 amide bonds. The monoisotopic (exact) mass is 398 g/mol. The van der Waals surface area contributed by atoms with Crippen molar-refractivity contribution in [3.8, 4) is 5.75 Å². The maximum Gasteiger partial charge on any atom is 0.270 e. The molecule has 1 atom stereocenters. The Hall–Kier alpha value is -3.26. The Morgan fingerprint density at radius 1 is 1.07 bits per heavy atom. The predicted molar refractivity (Wildman–Crippen MR) is 105 cm³/mol. The lowest BCUT2D eigenvalue weighted by atomic mass is 9.87. The molecule has 1 heterocycles. The van der Waals surface area contributed by atoms with Crippen LogP contribution in [0.15, 0.2) is 42.5 Å². The number of imide groups is 1. The first-order valence-electron chi connectivity index (χ1n) is 9.14. The van der Waals surface area contributed by atoms with Crippen LogP contribution in [-0.4, -0.2) is 46.0 Å². The van der Waals surface area contributed by atoms with E-state index in [4.69, 9.17) is 4.74 Å². The largest absolute Gasteiger partial charge is 0.491 e. The van der Waals surface area contributed by atoms with Gasteiger partial charge in [0.25, 0.3) is 17.5 Å². The van der Waals surface area contributed by atoms with Crippen molar-refractivity contribution in [2.75, 3.05) is 13.2 Å². The van der Waals surface area contributed by atoms with Crippen molar-refractivity contribution in [2.24, 2.45) is 0 Å². The third kappa shape index (κ3) is 4.27. The third-order valence-corrected chi connectivity index (χ3v) is 4.72. The molecule has 152 valence electrons. The second kappa shape index (κ2) is 7.63. The normalized spacial score (nSPS) is 14.7. The average molecular weight is 398 g/mol. The van der Waals surface area contributed by atoms with Gasteiger partial charge in [-0.3, -0.25) is 24.6 Å². The second-order valence-corrected chi connectivity index (χ2v) is 7.95. The molecule has 0 fully saturated rings. The smallest absolute Gasteiger partial charge is 0.270 e. The van der Waals surface area contributed by atoms with E-state index in [0.717, 1.165) is 16.5 Å². The van der Waals surface area contributed by atoms with Crippen LogP contribution >= 0.6 is 0 Å². The van der Waals surface area contributed by atoms with Crippen LogP contribution in [0.2, 0.25) is 0 Å². The molecule has 0 saturated heterocycles. The number of nitro groups is 1.